The highest BCUT2D eigenvalue weighted by molar-refractivity contribution is 7.89. The van der Waals surface area contributed by atoms with E-state index in [0.29, 0.717) is 18.2 Å². The summed E-state index contributed by atoms with van der Waals surface area (Å²) in [4.78, 5) is 15.1. The number of anilines is 1. The van der Waals surface area contributed by atoms with Gasteiger partial charge in [0, 0.05) is 30.6 Å². The van der Waals surface area contributed by atoms with Crippen LogP contribution in [0.2, 0.25) is 0 Å². The molecule has 6 nitrogen and oxygen atoms in total. The maximum atomic E-state index is 12.5. The molecule has 1 aliphatic heterocycles. The molecule has 0 spiro atoms. The lowest BCUT2D eigenvalue weighted by atomic mass is 9.97. The lowest BCUT2D eigenvalue weighted by Gasteiger charge is -2.31. The minimum Gasteiger partial charge on any atom is -0.326 e. The number of likely N-dealkylation sites (tertiary alicyclic amines) is 1. The molecule has 3 rings (SSSR count). The number of carbonyl (C=O) groups is 1. The second kappa shape index (κ2) is 8.97. The number of rotatable bonds is 7. The summed E-state index contributed by atoms with van der Waals surface area (Å²) in [6, 6.07) is 10.4. The van der Waals surface area contributed by atoms with Gasteiger partial charge < -0.3 is 5.32 Å². The number of carbonyl (C=O) groups excluding carboxylic acids is 1. The van der Waals surface area contributed by atoms with Gasteiger partial charge in [-0.05, 0) is 67.6 Å². The number of hydrogen-bond donors (Lipinski definition) is 2. The van der Waals surface area contributed by atoms with Gasteiger partial charge in [0.05, 0.1) is 4.90 Å². The SMILES string of the molecule is CC(=O)Nc1ccc(S(=O)(=O)NCC2CCN(Cc3cccs3)CC2)cc1. The van der Waals surface area contributed by atoms with Crippen molar-refractivity contribution in [2.45, 2.75) is 31.2 Å². The Kier molecular flexibility index (Phi) is 6.64. The molecule has 0 aliphatic carbocycles. The highest BCUT2D eigenvalue weighted by Crippen LogP contribution is 2.21. The standard InChI is InChI=1S/C19H25N3O3S2/c1-15(23)21-17-4-6-19(7-5-17)27(24,25)20-13-16-8-10-22(11-9-16)14-18-3-2-12-26-18/h2-7,12,16,20H,8-11,13-14H2,1H3,(H,21,23). The van der Waals surface area contributed by atoms with Crippen LogP contribution in [0.25, 0.3) is 0 Å². The van der Waals surface area contributed by atoms with E-state index in [4.69, 9.17) is 0 Å². The molecule has 2 N–H and O–H groups in total. The van der Waals surface area contributed by atoms with Crippen molar-refractivity contribution in [3.05, 3.63) is 46.7 Å². The topological polar surface area (TPSA) is 78.5 Å². The molecule has 8 heteroatoms. The van der Waals surface area contributed by atoms with E-state index in [2.05, 4.69) is 32.5 Å². The quantitative estimate of drug-likeness (QED) is 0.740. The first-order chi connectivity index (χ1) is 12.9. The Morgan fingerprint density at radius 3 is 2.48 bits per heavy atom. The lowest BCUT2D eigenvalue weighted by molar-refractivity contribution is -0.114. The highest BCUT2D eigenvalue weighted by atomic mass is 32.2. The zero-order valence-corrected chi connectivity index (χ0v) is 17.0. The molecular weight excluding hydrogens is 382 g/mol. The van der Waals surface area contributed by atoms with Crippen LogP contribution < -0.4 is 10.0 Å². The summed E-state index contributed by atoms with van der Waals surface area (Å²) in [5.41, 5.74) is 0.583. The highest BCUT2D eigenvalue weighted by Gasteiger charge is 2.22. The van der Waals surface area contributed by atoms with Gasteiger partial charge in [-0.15, -0.1) is 11.3 Å². The van der Waals surface area contributed by atoms with Crippen LogP contribution in [0.4, 0.5) is 5.69 Å². The number of thiophene rings is 1. The number of piperidine rings is 1. The van der Waals surface area contributed by atoms with Gasteiger partial charge in [-0.25, -0.2) is 13.1 Å². The van der Waals surface area contributed by atoms with E-state index < -0.39 is 10.0 Å². The third-order valence-electron chi connectivity index (χ3n) is 4.71. The summed E-state index contributed by atoms with van der Waals surface area (Å²) < 4.78 is 27.7. The molecule has 0 saturated carbocycles. The van der Waals surface area contributed by atoms with Gasteiger partial charge in [-0.1, -0.05) is 6.07 Å². The van der Waals surface area contributed by atoms with E-state index in [1.807, 2.05) is 0 Å². The van der Waals surface area contributed by atoms with Crippen molar-refractivity contribution in [3.63, 3.8) is 0 Å². The molecule has 2 heterocycles. The van der Waals surface area contributed by atoms with Gasteiger partial charge in [-0.2, -0.15) is 0 Å². The molecule has 1 aromatic heterocycles. The van der Waals surface area contributed by atoms with Gasteiger partial charge in [0.25, 0.3) is 0 Å². The third kappa shape index (κ3) is 5.87. The summed E-state index contributed by atoms with van der Waals surface area (Å²) in [7, 11) is -3.53. The predicted molar refractivity (Wildman–Crippen MR) is 108 cm³/mol. The molecule has 146 valence electrons. The molecule has 2 aromatic rings. The summed E-state index contributed by atoms with van der Waals surface area (Å²) >= 11 is 1.78. The molecule has 0 unspecified atom stereocenters. The van der Waals surface area contributed by atoms with E-state index in [1.165, 1.54) is 23.9 Å². The van der Waals surface area contributed by atoms with Crippen molar-refractivity contribution < 1.29 is 13.2 Å². The number of amides is 1. The smallest absolute Gasteiger partial charge is 0.240 e. The van der Waals surface area contributed by atoms with Crippen LogP contribution in [-0.2, 0) is 21.4 Å². The van der Waals surface area contributed by atoms with Crippen LogP contribution >= 0.6 is 11.3 Å². The summed E-state index contributed by atoms with van der Waals surface area (Å²) in [6.45, 7) is 4.85. The number of nitrogens with one attached hydrogen (secondary N) is 2. The molecule has 0 bridgehead atoms. The Labute approximate surface area is 164 Å². The Morgan fingerprint density at radius 1 is 1.19 bits per heavy atom. The second-order valence-corrected chi connectivity index (χ2v) is 9.66. The molecule has 0 radical (unpaired) electrons. The van der Waals surface area contributed by atoms with Crippen LogP contribution in [0, 0.1) is 5.92 Å². The van der Waals surface area contributed by atoms with Crippen LogP contribution in [0.3, 0.4) is 0 Å². The number of benzene rings is 1. The largest absolute Gasteiger partial charge is 0.326 e. The maximum Gasteiger partial charge on any atom is 0.240 e. The fourth-order valence-electron chi connectivity index (χ4n) is 3.20. The summed E-state index contributed by atoms with van der Waals surface area (Å²) in [6.07, 6.45) is 1.99. The fraction of sp³-hybridized carbons (Fsp3) is 0.421. The van der Waals surface area contributed by atoms with Crippen LogP contribution in [0.5, 0.6) is 0 Å². The van der Waals surface area contributed by atoms with Gasteiger partial charge >= 0.3 is 0 Å². The molecule has 1 fully saturated rings. The normalized spacial score (nSPS) is 16.3. The minimum atomic E-state index is -3.53. The van der Waals surface area contributed by atoms with E-state index >= 15 is 0 Å². The van der Waals surface area contributed by atoms with Crippen molar-refractivity contribution >= 4 is 33.0 Å². The lowest BCUT2D eigenvalue weighted by Crippen LogP contribution is -2.38. The Hall–Kier alpha value is -1.74. The zero-order chi connectivity index (χ0) is 19.3. The van der Waals surface area contributed by atoms with Crippen molar-refractivity contribution in [2.75, 3.05) is 25.0 Å². The van der Waals surface area contributed by atoms with E-state index in [9.17, 15) is 13.2 Å². The molecule has 0 atom stereocenters. The van der Waals surface area contributed by atoms with Crippen LogP contribution in [0.15, 0.2) is 46.7 Å². The average molecular weight is 408 g/mol. The van der Waals surface area contributed by atoms with Gasteiger partial charge in [0.2, 0.25) is 15.9 Å². The maximum absolute atomic E-state index is 12.5. The summed E-state index contributed by atoms with van der Waals surface area (Å²) in [5.74, 6) is 0.173. The molecule has 1 aromatic carbocycles. The number of nitrogens with zero attached hydrogens (tertiary/aromatic N) is 1. The average Bonchev–Trinajstić information content (AvgIpc) is 3.14. The van der Waals surface area contributed by atoms with E-state index in [1.54, 1.807) is 23.5 Å². The van der Waals surface area contributed by atoms with Crippen molar-refractivity contribution in [1.29, 1.82) is 0 Å². The zero-order valence-electron chi connectivity index (χ0n) is 15.3. The minimum absolute atomic E-state index is 0.186. The molecule has 1 saturated heterocycles. The second-order valence-electron chi connectivity index (χ2n) is 6.86. The summed E-state index contributed by atoms with van der Waals surface area (Å²) in [5, 5.41) is 4.73. The molecular formula is C19H25N3O3S2. The fourth-order valence-corrected chi connectivity index (χ4v) is 5.07. The molecule has 1 amide bonds. The van der Waals surface area contributed by atoms with E-state index in [0.717, 1.165) is 32.5 Å². The molecule has 1 aliphatic rings. The first-order valence-electron chi connectivity index (χ1n) is 9.04. The Bertz CT molecular complexity index is 841. The van der Waals surface area contributed by atoms with Crippen molar-refractivity contribution in [2.24, 2.45) is 5.92 Å². The first-order valence-corrected chi connectivity index (χ1v) is 11.4. The molecule has 27 heavy (non-hydrogen) atoms. The van der Waals surface area contributed by atoms with E-state index in [-0.39, 0.29) is 10.8 Å². The first kappa shape index (κ1) is 20.0. The number of hydrogen-bond acceptors (Lipinski definition) is 5. The van der Waals surface area contributed by atoms with Crippen molar-refractivity contribution in [3.8, 4) is 0 Å². The Morgan fingerprint density at radius 2 is 1.89 bits per heavy atom. The van der Waals surface area contributed by atoms with Gasteiger partial charge in [0.15, 0.2) is 0 Å². The third-order valence-corrected chi connectivity index (χ3v) is 7.01. The van der Waals surface area contributed by atoms with Crippen molar-refractivity contribution in [1.82, 2.24) is 9.62 Å². The number of sulfonamides is 1. The Balaban J connectivity index is 1.47. The van der Waals surface area contributed by atoms with Crippen LogP contribution in [0.1, 0.15) is 24.6 Å². The monoisotopic (exact) mass is 407 g/mol. The van der Waals surface area contributed by atoms with Crippen LogP contribution in [-0.4, -0.2) is 38.9 Å². The van der Waals surface area contributed by atoms with Gasteiger partial charge in [0.1, 0.15) is 0 Å². The van der Waals surface area contributed by atoms with Gasteiger partial charge in [-0.3, -0.25) is 9.69 Å². The predicted octanol–water partition coefficient (Wildman–Crippen LogP) is 2.90.